The lowest BCUT2D eigenvalue weighted by molar-refractivity contribution is 0.328. The standard InChI is InChI=1S/C5H11NO/c1-6(2)4-5-7-3/h4-5H,1-3H3. The van der Waals surface area contributed by atoms with Crippen LogP contribution in [0.1, 0.15) is 0 Å². The molecule has 0 aliphatic carbocycles. The molecule has 0 aliphatic rings. The molecule has 0 amide bonds. The predicted octanol–water partition coefficient (Wildman–Crippen LogP) is 0.666. The Morgan fingerprint density at radius 1 is 1.43 bits per heavy atom. The van der Waals surface area contributed by atoms with Crippen LogP contribution < -0.4 is 0 Å². The zero-order chi connectivity index (χ0) is 5.70. The summed E-state index contributed by atoms with van der Waals surface area (Å²) in [6, 6.07) is 0. The van der Waals surface area contributed by atoms with Crippen LogP contribution in [0.25, 0.3) is 0 Å². The fourth-order valence-corrected chi connectivity index (χ4v) is 0.183. The highest BCUT2D eigenvalue weighted by molar-refractivity contribution is 4.67. The van der Waals surface area contributed by atoms with Gasteiger partial charge in [-0.1, -0.05) is 0 Å². The van der Waals surface area contributed by atoms with Gasteiger partial charge in [-0.2, -0.15) is 0 Å². The summed E-state index contributed by atoms with van der Waals surface area (Å²) in [5.41, 5.74) is 0. The second-order valence-electron chi connectivity index (χ2n) is 1.48. The van der Waals surface area contributed by atoms with Gasteiger partial charge in [0.05, 0.1) is 13.4 Å². The molecular formula is C5H11NO. The summed E-state index contributed by atoms with van der Waals surface area (Å²) in [5.74, 6) is 0. The molecule has 0 saturated carbocycles. The van der Waals surface area contributed by atoms with Crippen molar-refractivity contribution in [2.75, 3.05) is 21.2 Å². The van der Waals surface area contributed by atoms with Crippen LogP contribution in [0.5, 0.6) is 0 Å². The number of hydrogen-bond acceptors (Lipinski definition) is 2. The SMILES string of the molecule is COC=CN(C)C. The van der Waals surface area contributed by atoms with Crippen molar-refractivity contribution in [2.24, 2.45) is 0 Å². The third-order valence-electron chi connectivity index (χ3n) is 0.495. The Morgan fingerprint density at radius 3 is 2.14 bits per heavy atom. The van der Waals surface area contributed by atoms with E-state index >= 15 is 0 Å². The van der Waals surface area contributed by atoms with Gasteiger partial charge < -0.3 is 9.64 Å². The van der Waals surface area contributed by atoms with Crippen LogP contribution >= 0.6 is 0 Å². The van der Waals surface area contributed by atoms with Crippen molar-refractivity contribution in [3.63, 3.8) is 0 Å². The molecule has 2 heteroatoms. The molecule has 0 unspecified atom stereocenters. The number of methoxy groups -OCH3 is 1. The smallest absolute Gasteiger partial charge is 0.0983 e. The topological polar surface area (TPSA) is 12.5 Å². The van der Waals surface area contributed by atoms with E-state index in [1.165, 1.54) is 0 Å². The van der Waals surface area contributed by atoms with Crippen molar-refractivity contribution in [2.45, 2.75) is 0 Å². The lowest BCUT2D eigenvalue weighted by atomic mass is 10.8. The monoisotopic (exact) mass is 101 g/mol. The molecule has 42 valence electrons. The second kappa shape index (κ2) is 3.53. The Morgan fingerprint density at radius 2 is 2.00 bits per heavy atom. The highest BCUT2D eigenvalue weighted by atomic mass is 16.5. The summed E-state index contributed by atoms with van der Waals surface area (Å²) in [5, 5.41) is 0. The van der Waals surface area contributed by atoms with E-state index in [9.17, 15) is 0 Å². The first-order valence-corrected chi connectivity index (χ1v) is 2.13. The molecule has 0 N–H and O–H groups in total. The minimum Gasteiger partial charge on any atom is -0.503 e. The van der Waals surface area contributed by atoms with Crippen molar-refractivity contribution in [1.82, 2.24) is 4.90 Å². The molecule has 0 atom stereocenters. The lowest BCUT2D eigenvalue weighted by Gasteiger charge is -2.00. The zero-order valence-electron chi connectivity index (χ0n) is 5.01. The van der Waals surface area contributed by atoms with Crippen LogP contribution in [-0.2, 0) is 4.74 Å². The first-order valence-electron chi connectivity index (χ1n) is 2.13. The third-order valence-corrected chi connectivity index (χ3v) is 0.495. The molecular weight excluding hydrogens is 90.1 g/mol. The molecule has 0 saturated heterocycles. The molecule has 0 fully saturated rings. The maximum atomic E-state index is 4.63. The molecule has 0 spiro atoms. The average Bonchev–Trinajstić information content (AvgIpc) is 1.61. The van der Waals surface area contributed by atoms with Crippen LogP contribution in [0.3, 0.4) is 0 Å². The Bertz CT molecular complexity index is 59.1. The molecule has 0 aromatic rings. The largest absolute Gasteiger partial charge is 0.503 e. The van der Waals surface area contributed by atoms with Crippen molar-refractivity contribution >= 4 is 0 Å². The van der Waals surface area contributed by atoms with Gasteiger partial charge in [0.25, 0.3) is 0 Å². The van der Waals surface area contributed by atoms with Gasteiger partial charge >= 0.3 is 0 Å². The van der Waals surface area contributed by atoms with E-state index in [0.717, 1.165) is 0 Å². The van der Waals surface area contributed by atoms with E-state index in [0.29, 0.717) is 0 Å². The number of nitrogens with zero attached hydrogens (tertiary/aromatic N) is 1. The fourth-order valence-electron chi connectivity index (χ4n) is 0.183. The van der Waals surface area contributed by atoms with E-state index in [2.05, 4.69) is 4.74 Å². The van der Waals surface area contributed by atoms with Crippen molar-refractivity contribution in [1.29, 1.82) is 0 Å². The Hall–Kier alpha value is -0.660. The van der Waals surface area contributed by atoms with Crippen molar-refractivity contribution in [3.05, 3.63) is 12.5 Å². The van der Waals surface area contributed by atoms with Crippen LogP contribution in [0.2, 0.25) is 0 Å². The number of ether oxygens (including phenoxy) is 1. The average molecular weight is 101 g/mol. The number of rotatable bonds is 2. The third kappa shape index (κ3) is 5.34. The van der Waals surface area contributed by atoms with E-state index in [1.54, 1.807) is 13.4 Å². The van der Waals surface area contributed by atoms with Gasteiger partial charge in [-0.05, 0) is 0 Å². The maximum absolute atomic E-state index is 4.63. The summed E-state index contributed by atoms with van der Waals surface area (Å²) in [6.45, 7) is 0. The van der Waals surface area contributed by atoms with E-state index < -0.39 is 0 Å². The first-order chi connectivity index (χ1) is 3.27. The highest BCUT2D eigenvalue weighted by Gasteiger charge is 1.69. The summed E-state index contributed by atoms with van der Waals surface area (Å²) in [7, 11) is 5.50. The van der Waals surface area contributed by atoms with Gasteiger partial charge in [0.1, 0.15) is 0 Å². The Kier molecular flexibility index (Phi) is 3.19. The molecule has 0 heterocycles. The molecule has 7 heavy (non-hydrogen) atoms. The van der Waals surface area contributed by atoms with E-state index in [4.69, 9.17) is 0 Å². The van der Waals surface area contributed by atoms with E-state index in [-0.39, 0.29) is 0 Å². The molecule has 0 rings (SSSR count). The van der Waals surface area contributed by atoms with Gasteiger partial charge in [-0.3, -0.25) is 0 Å². The van der Waals surface area contributed by atoms with Gasteiger partial charge in [0, 0.05) is 20.3 Å². The van der Waals surface area contributed by atoms with Crippen molar-refractivity contribution < 1.29 is 4.74 Å². The van der Waals surface area contributed by atoms with Crippen LogP contribution in [-0.4, -0.2) is 26.1 Å². The molecule has 0 aromatic heterocycles. The van der Waals surface area contributed by atoms with Gasteiger partial charge in [0.2, 0.25) is 0 Å². The summed E-state index contributed by atoms with van der Waals surface area (Å²) in [6.07, 6.45) is 3.46. The molecule has 0 bridgehead atoms. The van der Waals surface area contributed by atoms with Crippen LogP contribution in [0.4, 0.5) is 0 Å². The predicted molar refractivity (Wildman–Crippen MR) is 29.8 cm³/mol. The molecule has 2 nitrogen and oxygen atoms in total. The zero-order valence-corrected chi connectivity index (χ0v) is 5.01. The minimum absolute atomic E-state index is 1.62. The highest BCUT2D eigenvalue weighted by Crippen LogP contribution is 1.74. The summed E-state index contributed by atoms with van der Waals surface area (Å²) in [4.78, 5) is 1.91. The molecule has 0 radical (unpaired) electrons. The van der Waals surface area contributed by atoms with Gasteiger partial charge in [0.15, 0.2) is 0 Å². The normalized spacial score (nSPS) is 9.57. The lowest BCUT2D eigenvalue weighted by Crippen LogP contribution is -1.99. The fraction of sp³-hybridized carbons (Fsp3) is 0.600. The maximum Gasteiger partial charge on any atom is 0.0983 e. The Labute approximate surface area is 44.4 Å². The first kappa shape index (κ1) is 6.34. The van der Waals surface area contributed by atoms with Crippen molar-refractivity contribution in [3.8, 4) is 0 Å². The molecule has 0 aromatic carbocycles. The van der Waals surface area contributed by atoms with Gasteiger partial charge in [-0.25, -0.2) is 0 Å². The number of hydrogen-bond donors (Lipinski definition) is 0. The quantitative estimate of drug-likeness (QED) is 0.474. The van der Waals surface area contributed by atoms with Crippen LogP contribution in [0, 0.1) is 0 Å². The second-order valence-corrected chi connectivity index (χ2v) is 1.48. The van der Waals surface area contributed by atoms with Gasteiger partial charge in [-0.15, -0.1) is 0 Å². The molecule has 0 aliphatic heterocycles. The van der Waals surface area contributed by atoms with Crippen LogP contribution in [0.15, 0.2) is 12.5 Å². The minimum atomic E-state index is 1.62. The Balaban J connectivity index is 3.08. The van der Waals surface area contributed by atoms with E-state index in [1.807, 2.05) is 25.2 Å². The summed E-state index contributed by atoms with van der Waals surface area (Å²) >= 11 is 0. The summed E-state index contributed by atoms with van der Waals surface area (Å²) < 4.78 is 4.63.